The van der Waals surface area contributed by atoms with Gasteiger partial charge in [0, 0.05) is 24.8 Å². The van der Waals surface area contributed by atoms with Crippen LogP contribution in [-0.2, 0) is 16.1 Å². The van der Waals surface area contributed by atoms with Crippen LogP contribution in [-0.4, -0.2) is 42.6 Å². The van der Waals surface area contributed by atoms with Gasteiger partial charge in [0.25, 0.3) is 0 Å². The van der Waals surface area contributed by atoms with Crippen LogP contribution in [0, 0.1) is 0 Å². The number of benzene rings is 1. The minimum atomic E-state index is -0.171. The van der Waals surface area contributed by atoms with Crippen LogP contribution < -0.4 is 11.1 Å². The van der Waals surface area contributed by atoms with Crippen molar-refractivity contribution in [1.29, 1.82) is 0 Å². The molecule has 0 aliphatic carbocycles. The summed E-state index contributed by atoms with van der Waals surface area (Å²) in [6.07, 6.45) is 0. The number of hydrogen-bond acceptors (Lipinski definition) is 4. The molecule has 0 aromatic heterocycles. The number of anilines is 1. The first-order chi connectivity index (χ1) is 9.61. The molecule has 110 valence electrons. The summed E-state index contributed by atoms with van der Waals surface area (Å²) in [5.41, 5.74) is 7.42. The molecule has 0 saturated carbocycles. The number of carbonyl (C=O) groups excluding carboxylic acids is 1. The van der Waals surface area contributed by atoms with E-state index in [-0.39, 0.29) is 18.0 Å². The maximum atomic E-state index is 12.3. The number of hydrogen-bond donors (Lipinski definition) is 2. The third-order valence-corrected chi connectivity index (χ3v) is 3.73. The van der Waals surface area contributed by atoms with Crippen LogP contribution in [0.4, 0.5) is 5.69 Å². The van der Waals surface area contributed by atoms with E-state index in [9.17, 15) is 4.79 Å². The summed E-state index contributed by atoms with van der Waals surface area (Å²) in [7, 11) is 0. The maximum Gasteiger partial charge on any atom is 0.241 e. The van der Waals surface area contributed by atoms with Gasteiger partial charge in [0.2, 0.25) is 5.91 Å². The molecule has 1 amide bonds. The summed E-state index contributed by atoms with van der Waals surface area (Å²) in [6, 6.07) is 7.73. The van der Waals surface area contributed by atoms with Crippen LogP contribution in [0.1, 0.15) is 19.4 Å². The smallest absolute Gasteiger partial charge is 0.241 e. The number of nitrogens with zero attached hydrogens (tertiary/aromatic N) is 1. The summed E-state index contributed by atoms with van der Waals surface area (Å²) >= 11 is 0. The molecule has 1 aliphatic heterocycles. The highest BCUT2D eigenvalue weighted by Crippen LogP contribution is 2.14. The standard InChI is InChI=1S/C15H23N3O2/c1-11-10-20-7-6-18(11)12(2)15(19)17-14-5-3-4-13(8-14)9-16/h3-5,8,11-12H,6-7,9-10,16H2,1-2H3,(H,17,19). The molecule has 0 bridgehead atoms. The predicted molar refractivity (Wildman–Crippen MR) is 79.4 cm³/mol. The molecule has 3 N–H and O–H groups in total. The molecule has 2 rings (SSSR count). The molecule has 2 unspecified atom stereocenters. The van der Waals surface area contributed by atoms with E-state index in [0.717, 1.165) is 17.8 Å². The van der Waals surface area contributed by atoms with Gasteiger partial charge in [0.15, 0.2) is 0 Å². The van der Waals surface area contributed by atoms with Gasteiger partial charge in [-0.1, -0.05) is 12.1 Å². The van der Waals surface area contributed by atoms with Crippen LogP contribution in [0.5, 0.6) is 0 Å². The van der Waals surface area contributed by atoms with Gasteiger partial charge >= 0.3 is 0 Å². The second-order valence-corrected chi connectivity index (χ2v) is 5.23. The Morgan fingerprint density at radius 3 is 3.10 bits per heavy atom. The molecule has 1 fully saturated rings. The van der Waals surface area contributed by atoms with Crippen molar-refractivity contribution in [2.75, 3.05) is 25.1 Å². The normalized spacial score (nSPS) is 21.4. The molecule has 1 aromatic carbocycles. The van der Waals surface area contributed by atoms with Crippen LogP contribution in [0.3, 0.4) is 0 Å². The van der Waals surface area contributed by atoms with Crippen molar-refractivity contribution < 1.29 is 9.53 Å². The first kappa shape index (κ1) is 15.0. The lowest BCUT2D eigenvalue weighted by Crippen LogP contribution is -2.52. The molecule has 0 radical (unpaired) electrons. The number of nitrogens with two attached hydrogens (primary N) is 1. The largest absolute Gasteiger partial charge is 0.379 e. The van der Waals surface area contributed by atoms with Crippen molar-refractivity contribution in [3.63, 3.8) is 0 Å². The van der Waals surface area contributed by atoms with Crippen molar-refractivity contribution in [2.24, 2.45) is 5.73 Å². The zero-order valence-corrected chi connectivity index (χ0v) is 12.1. The van der Waals surface area contributed by atoms with E-state index in [1.54, 1.807) is 0 Å². The number of carbonyl (C=O) groups is 1. The summed E-state index contributed by atoms with van der Waals surface area (Å²) in [6.45, 7) is 6.64. The average Bonchev–Trinajstić information content (AvgIpc) is 2.47. The molecule has 1 heterocycles. The van der Waals surface area contributed by atoms with Crippen LogP contribution >= 0.6 is 0 Å². The van der Waals surface area contributed by atoms with Gasteiger partial charge in [0.05, 0.1) is 19.3 Å². The first-order valence-corrected chi connectivity index (χ1v) is 7.05. The first-order valence-electron chi connectivity index (χ1n) is 7.05. The topological polar surface area (TPSA) is 67.6 Å². The molecule has 20 heavy (non-hydrogen) atoms. The Hall–Kier alpha value is -1.43. The third kappa shape index (κ3) is 3.56. The number of amides is 1. The Morgan fingerprint density at radius 2 is 2.40 bits per heavy atom. The van der Waals surface area contributed by atoms with E-state index < -0.39 is 0 Å². The Morgan fingerprint density at radius 1 is 1.60 bits per heavy atom. The average molecular weight is 277 g/mol. The molecule has 5 nitrogen and oxygen atoms in total. The summed E-state index contributed by atoms with van der Waals surface area (Å²) in [4.78, 5) is 14.5. The van der Waals surface area contributed by atoms with Crippen molar-refractivity contribution in [3.05, 3.63) is 29.8 Å². The zero-order valence-electron chi connectivity index (χ0n) is 12.1. The van der Waals surface area contributed by atoms with Gasteiger partial charge in [-0.25, -0.2) is 0 Å². The monoisotopic (exact) mass is 277 g/mol. The van der Waals surface area contributed by atoms with Gasteiger partial charge in [-0.2, -0.15) is 0 Å². The number of morpholine rings is 1. The molecule has 5 heteroatoms. The Balaban J connectivity index is 1.99. The van der Waals surface area contributed by atoms with Gasteiger partial charge in [-0.15, -0.1) is 0 Å². The number of rotatable bonds is 4. The van der Waals surface area contributed by atoms with E-state index in [0.29, 0.717) is 19.8 Å². The minimum Gasteiger partial charge on any atom is -0.379 e. The molecule has 1 aliphatic rings. The lowest BCUT2D eigenvalue weighted by molar-refractivity contribution is -0.124. The fourth-order valence-electron chi connectivity index (χ4n) is 2.49. The van der Waals surface area contributed by atoms with Gasteiger partial charge < -0.3 is 15.8 Å². The predicted octanol–water partition coefficient (Wildman–Crippen LogP) is 1.19. The minimum absolute atomic E-state index is 0.00733. The highest BCUT2D eigenvalue weighted by Gasteiger charge is 2.28. The molecule has 1 aromatic rings. The highest BCUT2D eigenvalue weighted by atomic mass is 16.5. The van der Waals surface area contributed by atoms with Crippen molar-refractivity contribution in [2.45, 2.75) is 32.5 Å². The van der Waals surface area contributed by atoms with Gasteiger partial charge in [-0.05, 0) is 31.5 Å². The number of nitrogens with one attached hydrogen (secondary N) is 1. The molecule has 2 atom stereocenters. The van der Waals surface area contributed by atoms with E-state index in [1.807, 2.05) is 31.2 Å². The van der Waals surface area contributed by atoms with Crippen LogP contribution in [0.15, 0.2) is 24.3 Å². The summed E-state index contributed by atoms with van der Waals surface area (Å²) in [5.74, 6) is 0.00733. The second-order valence-electron chi connectivity index (χ2n) is 5.23. The lowest BCUT2D eigenvalue weighted by Gasteiger charge is -2.36. The van der Waals surface area contributed by atoms with Crippen molar-refractivity contribution in [3.8, 4) is 0 Å². The highest BCUT2D eigenvalue weighted by molar-refractivity contribution is 5.94. The number of ether oxygens (including phenoxy) is 1. The quantitative estimate of drug-likeness (QED) is 0.867. The lowest BCUT2D eigenvalue weighted by atomic mass is 10.1. The molecular formula is C15H23N3O2. The Kier molecular flexibility index (Phi) is 5.11. The van der Waals surface area contributed by atoms with E-state index in [2.05, 4.69) is 17.1 Å². The van der Waals surface area contributed by atoms with Crippen molar-refractivity contribution >= 4 is 11.6 Å². The van der Waals surface area contributed by atoms with Crippen molar-refractivity contribution in [1.82, 2.24) is 4.90 Å². The fourth-order valence-corrected chi connectivity index (χ4v) is 2.49. The molecule has 1 saturated heterocycles. The van der Waals surface area contributed by atoms with Gasteiger partial charge in [-0.3, -0.25) is 9.69 Å². The maximum absolute atomic E-state index is 12.3. The van der Waals surface area contributed by atoms with Crippen LogP contribution in [0.25, 0.3) is 0 Å². The van der Waals surface area contributed by atoms with E-state index >= 15 is 0 Å². The molecule has 0 spiro atoms. The second kappa shape index (κ2) is 6.83. The SMILES string of the molecule is CC1COCCN1C(C)C(=O)Nc1cccc(CN)c1. The zero-order chi connectivity index (χ0) is 14.5. The fraction of sp³-hybridized carbons (Fsp3) is 0.533. The Labute approximate surface area is 120 Å². The Bertz CT molecular complexity index is 464. The molecular weight excluding hydrogens is 254 g/mol. The van der Waals surface area contributed by atoms with Gasteiger partial charge in [0.1, 0.15) is 0 Å². The van der Waals surface area contributed by atoms with E-state index in [1.165, 1.54) is 0 Å². The van der Waals surface area contributed by atoms with Crippen LogP contribution in [0.2, 0.25) is 0 Å². The van der Waals surface area contributed by atoms with E-state index in [4.69, 9.17) is 10.5 Å². The summed E-state index contributed by atoms with van der Waals surface area (Å²) < 4.78 is 5.40. The summed E-state index contributed by atoms with van der Waals surface area (Å²) in [5, 5.41) is 2.96. The third-order valence-electron chi connectivity index (χ3n) is 3.73.